The molecule has 4 heteroatoms. The molecular formula is C5H4INO2. The van der Waals surface area contributed by atoms with Gasteiger partial charge in [0, 0.05) is 6.20 Å². The van der Waals surface area contributed by atoms with Crippen LogP contribution in [-0.2, 0) is 0 Å². The summed E-state index contributed by atoms with van der Waals surface area (Å²) < 4.78 is 1.28. The van der Waals surface area contributed by atoms with Gasteiger partial charge in [-0.25, -0.2) is 0 Å². The van der Waals surface area contributed by atoms with Crippen molar-refractivity contribution in [1.82, 2.24) is 2.78 Å². The van der Waals surface area contributed by atoms with Crippen molar-refractivity contribution in [2.75, 3.05) is 0 Å². The Kier molecular flexibility index (Phi) is 1.75. The van der Waals surface area contributed by atoms with Crippen LogP contribution in [0.25, 0.3) is 0 Å². The zero-order valence-electron chi connectivity index (χ0n) is 4.41. The minimum Gasteiger partial charge on any atom is -0.503 e. The van der Waals surface area contributed by atoms with E-state index in [1.165, 1.54) is 8.85 Å². The van der Waals surface area contributed by atoms with Crippen LogP contribution in [0.2, 0.25) is 0 Å². The molecule has 0 unspecified atom stereocenters. The van der Waals surface area contributed by atoms with E-state index >= 15 is 0 Å². The third-order valence-electron chi connectivity index (χ3n) is 0.884. The van der Waals surface area contributed by atoms with Crippen LogP contribution in [0.1, 0.15) is 0 Å². The van der Waals surface area contributed by atoms with E-state index in [9.17, 15) is 4.79 Å². The van der Waals surface area contributed by atoms with Crippen molar-refractivity contribution in [3.8, 4) is 5.75 Å². The van der Waals surface area contributed by atoms with Gasteiger partial charge in [0.15, 0.2) is 5.75 Å². The van der Waals surface area contributed by atoms with E-state index in [1.54, 1.807) is 35.1 Å². The Balaban J connectivity index is 3.43. The SMILES string of the molecule is O=c1c(O)cccn1I. The summed E-state index contributed by atoms with van der Waals surface area (Å²) in [6.45, 7) is 0. The maximum atomic E-state index is 10.7. The van der Waals surface area contributed by atoms with E-state index in [-0.39, 0.29) is 11.3 Å². The van der Waals surface area contributed by atoms with Gasteiger partial charge in [0.25, 0.3) is 0 Å². The molecule has 1 aromatic heterocycles. The molecule has 0 aliphatic rings. The Morgan fingerprint density at radius 3 is 2.78 bits per heavy atom. The fraction of sp³-hybridized carbons (Fsp3) is 0. The first-order valence-corrected chi connectivity index (χ1v) is 3.25. The third kappa shape index (κ3) is 1.24. The standard InChI is InChI=1S/C5H4INO2/c6-7-3-1-2-4(8)5(7)9/h1-3,8H. The number of halogens is 1. The van der Waals surface area contributed by atoms with Crippen molar-refractivity contribution in [3.05, 3.63) is 28.7 Å². The molecule has 0 amide bonds. The van der Waals surface area contributed by atoms with E-state index in [4.69, 9.17) is 5.11 Å². The zero-order chi connectivity index (χ0) is 6.85. The lowest BCUT2D eigenvalue weighted by molar-refractivity contribution is 0.466. The summed E-state index contributed by atoms with van der Waals surface area (Å²) in [6, 6.07) is 2.96. The second kappa shape index (κ2) is 2.38. The van der Waals surface area contributed by atoms with Gasteiger partial charge >= 0.3 is 5.56 Å². The van der Waals surface area contributed by atoms with Crippen molar-refractivity contribution in [2.45, 2.75) is 0 Å². The Morgan fingerprint density at radius 1 is 1.67 bits per heavy atom. The molecule has 0 bridgehead atoms. The van der Waals surface area contributed by atoms with Gasteiger partial charge in [0.2, 0.25) is 0 Å². The van der Waals surface area contributed by atoms with Crippen molar-refractivity contribution in [1.29, 1.82) is 0 Å². The molecule has 0 fully saturated rings. The first kappa shape index (κ1) is 6.60. The quantitative estimate of drug-likeness (QED) is 0.676. The average Bonchev–Trinajstić information content (AvgIpc) is 1.83. The number of hydrogen-bond donors (Lipinski definition) is 1. The number of nitrogens with zero attached hydrogens (tertiary/aromatic N) is 1. The van der Waals surface area contributed by atoms with Crippen LogP contribution >= 0.6 is 22.9 Å². The van der Waals surface area contributed by atoms with Crippen LogP contribution in [0.4, 0.5) is 0 Å². The molecule has 0 aliphatic carbocycles. The predicted octanol–water partition coefficient (Wildman–Crippen LogP) is 0.752. The van der Waals surface area contributed by atoms with Crippen molar-refractivity contribution in [2.24, 2.45) is 0 Å². The van der Waals surface area contributed by atoms with Gasteiger partial charge < -0.3 is 5.11 Å². The summed E-state index contributed by atoms with van der Waals surface area (Å²) in [7, 11) is 0. The summed E-state index contributed by atoms with van der Waals surface area (Å²) in [4.78, 5) is 10.7. The fourth-order valence-electron chi connectivity index (χ4n) is 0.458. The highest BCUT2D eigenvalue weighted by Crippen LogP contribution is 1.98. The molecule has 0 aliphatic heterocycles. The molecule has 9 heavy (non-hydrogen) atoms. The number of hydrogen-bond acceptors (Lipinski definition) is 2. The predicted molar refractivity (Wildman–Crippen MR) is 41.8 cm³/mol. The molecule has 0 spiro atoms. The monoisotopic (exact) mass is 237 g/mol. The van der Waals surface area contributed by atoms with Gasteiger partial charge in [-0.3, -0.25) is 7.58 Å². The molecule has 3 nitrogen and oxygen atoms in total. The summed E-state index contributed by atoms with van der Waals surface area (Å²) in [5, 5.41) is 8.76. The van der Waals surface area contributed by atoms with E-state index < -0.39 is 0 Å². The minimum atomic E-state index is -0.377. The molecule has 0 saturated heterocycles. The topological polar surface area (TPSA) is 42.2 Å². The zero-order valence-corrected chi connectivity index (χ0v) is 6.57. The average molecular weight is 237 g/mol. The Morgan fingerprint density at radius 2 is 2.33 bits per heavy atom. The molecule has 48 valence electrons. The lowest BCUT2D eigenvalue weighted by Gasteiger charge is -1.91. The number of rotatable bonds is 0. The largest absolute Gasteiger partial charge is 0.503 e. The van der Waals surface area contributed by atoms with Gasteiger partial charge in [0.05, 0.1) is 22.9 Å². The van der Waals surface area contributed by atoms with Crippen molar-refractivity contribution in [3.63, 3.8) is 0 Å². The summed E-state index contributed by atoms with van der Waals surface area (Å²) >= 11 is 1.79. The second-order valence-corrected chi connectivity index (χ2v) is 2.55. The first-order chi connectivity index (χ1) is 4.22. The summed E-state index contributed by atoms with van der Waals surface area (Å²) in [5.74, 6) is -0.216. The second-order valence-electron chi connectivity index (χ2n) is 1.51. The highest BCUT2D eigenvalue weighted by atomic mass is 127. The molecule has 1 aromatic rings. The highest BCUT2D eigenvalue weighted by molar-refractivity contribution is 14.1. The summed E-state index contributed by atoms with van der Waals surface area (Å²) in [5.41, 5.74) is -0.377. The third-order valence-corrected chi connectivity index (χ3v) is 1.64. The summed E-state index contributed by atoms with van der Waals surface area (Å²) in [6.07, 6.45) is 1.57. The van der Waals surface area contributed by atoms with E-state index in [2.05, 4.69) is 0 Å². The van der Waals surface area contributed by atoms with Crippen LogP contribution in [0.3, 0.4) is 0 Å². The van der Waals surface area contributed by atoms with Gasteiger partial charge in [-0.15, -0.1) is 0 Å². The lowest BCUT2D eigenvalue weighted by Crippen LogP contribution is -2.09. The van der Waals surface area contributed by atoms with Crippen molar-refractivity contribution >= 4 is 22.9 Å². The number of aromatic nitrogens is 1. The molecule has 1 N–H and O–H groups in total. The first-order valence-electron chi connectivity index (χ1n) is 2.28. The fourth-order valence-corrected chi connectivity index (χ4v) is 0.891. The smallest absolute Gasteiger partial charge is 0.301 e. The van der Waals surface area contributed by atoms with E-state index in [0.29, 0.717) is 0 Å². The van der Waals surface area contributed by atoms with Gasteiger partial charge in [-0.2, -0.15) is 0 Å². The maximum Gasteiger partial charge on any atom is 0.301 e. The van der Waals surface area contributed by atoms with E-state index in [1.807, 2.05) is 0 Å². The molecule has 0 aromatic carbocycles. The Labute approximate surface area is 65.4 Å². The van der Waals surface area contributed by atoms with Gasteiger partial charge in [-0.05, 0) is 12.1 Å². The molecular weight excluding hydrogens is 233 g/mol. The van der Waals surface area contributed by atoms with Gasteiger partial charge in [0.1, 0.15) is 0 Å². The maximum absolute atomic E-state index is 10.7. The molecule has 1 heterocycles. The van der Waals surface area contributed by atoms with Crippen LogP contribution in [0, 0.1) is 0 Å². The molecule has 1 rings (SSSR count). The van der Waals surface area contributed by atoms with Crippen LogP contribution in [0.5, 0.6) is 5.75 Å². The van der Waals surface area contributed by atoms with E-state index in [0.717, 1.165) is 0 Å². The Hall–Kier alpha value is -0.520. The lowest BCUT2D eigenvalue weighted by atomic mass is 10.5. The molecule has 0 saturated carbocycles. The highest BCUT2D eigenvalue weighted by Gasteiger charge is 1.94. The van der Waals surface area contributed by atoms with Crippen LogP contribution in [-0.4, -0.2) is 7.89 Å². The van der Waals surface area contributed by atoms with Crippen LogP contribution < -0.4 is 5.56 Å². The minimum absolute atomic E-state index is 0.216. The van der Waals surface area contributed by atoms with Gasteiger partial charge in [-0.1, -0.05) is 0 Å². The van der Waals surface area contributed by atoms with Crippen LogP contribution in [0.15, 0.2) is 23.1 Å². The van der Waals surface area contributed by atoms with Crippen molar-refractivity contribution < 1.29 is 5.11 Å². The number of aromatic hydroxyl groups is 1. The molecule has 0 atom stereocenters. The Bertz CT molecular complexity index is 245. The molecule has 0 radical (unpaired) electrons. The number of pyridine rings is 1. The normalized spacial score (nSPS) is 9.44.